The fourth-order valence-corrected chi connectivity index (χ4v) is 3.49. The molecule has 0 fully saturated rings. The van der Waals surface area contributed by atoms with E-state index in [4.69, 9.17) is 0 Å². The fourth-order valence-electron chi connectivity index (χ4n) is 2.30. The second kappa shape index (κ2) is 7.75. The summed E-state index contributed by atoms with van der Waals surface area (Å²) in [6, 6.07) is 16.9. The Balaban J connectivity index is 1.70. The van der Waals surface area contributed by atoms with Gasteiger partial charge < -0.3 is 5.32 Å². The zero-order valence-electron chi connectivity index (χ0n) is 13.7. The lowest BCUT2D eigenvalue weighted by molar-refractivity contribution is 0.102. The quantitative estimate of drug-likeness (QED) is 0.697. The largest absolute Gasteiger partial charge is 0.322 e. The lowest BCUT2D eigenvalue weighted by atomic mass is 10.2. The van der Waals surface area contributed by atoms with Gasteiger partial charge in [0.05, 0.1) is 29.4 Å². The van der Waals surface area contributed by atoms with Gasteiger partial charge >= 0.3 is 0 Å². The van der Waals surface area contributed by atoms with Gasteiger partial charge in [-0.25, -0.2) is 8.42 Å². The zero-order valence-corrected chi connectivity index (χ0v) is 14.5. The standard InChI is InChI=1S/C18H16N4O3S/c23-18(15-9-10-19-20-12-15)21-16-7-4-8-17(11-16)22-26(24,25)13-14-5-2-1-3-6-14/h1-12,22H,13H2,(H,21,23). The summed E-state index contributed by atoms with van der Waals surface area (Å²) in [7, 11) is -3.57. The smallest absolute Gasteiger partial charge is 0.257 e. The van der Waals surface area contributed by atoms with Crippen molar-refractivity contribution in [3.63, 3.8) is 0 Å². The first kappa shape index (κ1) is 17.6. The minimum absolute atomic E-state index is 0.132. The van der Waals surface area contributed by atoms with Gasteiger partial charge in [0.2, 0.25) is 10.0 Å². The topological polar surface area (TPSA) is 101 Å². The van der Waals surface area contributed by atoms with Gasteiger partial charge in [0, 0.05) is 5.69 Å². The average Bonchev–Trinajstić information content (AvgIpc) is 2.62. The van der Waals surface area contributed by atoms with Gasteiger partial charge in [-0.05, 0) is 29.8 Å². The summed E-state index contributed by atoms with van der Waals surface area (Å²) in [5.41, 5.74) is 1.88. The third-order valence-electron chi connectivity index (χ3n) is 3.44. The predicted molar refractivity (Wildman–Crippen MR) is 99.1 cm³/mol. The molecule has 132 valence electrons. The molecule has 0 aliphatic carbocycles. The minimum Gasteiger partial charge on any atom is -0.322 e. The number of nitrogens with zero attached hydrogens (tertiary/aromatic N) is 2. The Labute approximate surface area is 151 Å². The second-order valence-electron chi connectivity index (χ2n) is 5.51. The molecule has 26 heavy (non-hydrogen) atoms. The molecule has 0 atom stereocenters. The number of sulfonamides is 1. The first-order chi connectivity index (χ1) is 12.5. The van der Waals surface area contributed by atoms with Crippen LogP contribution in [0.25, 0.3) is 0 Å². The highest BCUT2D eigenvalue weighted by Crippen LogP contribution is 2.18. The maximum absolute atomic E-state index is 12.3. The Bertz CT molecular complexity index is 993. The number of aromatic nitrogens is 2. The van der Waals surface area contributed by atoms with E-state index in [-0.39, 0.29) is 11.7 Å². The summed E-state index contributed by atoms with van der Waals surface area (Å²) in [5.74, 6) is -0.489. The van der Waals surface area contributed by atoms with E-state index in [0.717, 1.165) is 0 Å². The van der Waals surface area contributed by atoms with Crippen molar-refractivity contribution in [2.45, 2.75) is 5.75 Å². The highest BCUT2D eigenvalue weighted by atomic mass is 32.2. The van der Waals surface area contributed by atoms with Crippen molar-refractivity contribution in [3.05, 3.63) is 84.2 Å². The molecule has 3 aromatic rings. The molecule has 0 aliphatic rings. The van der Waals surface area contributed by atoms with Gasteiger partial charge in [-0.1, -0.05) is 36.4 Å². The summed E-state index contributed by atoms with van der Waals surface area (Å²) < 4.78 is 27.1. The summed E-state index contributed by atoms with van der Waals surface area (Å²) in [5, 5.41) is 9.96. The third kappa shape index (κ3) is 4.87. The van der Waals surface area contributed by atoms with Crippen LogP contribution in [0, 0.1) is 0 Å². The number of carbonyl (C=O) groups is 1. The van der Waals surface area contributed by atoms with Gasteiger partial charge in [0.1, 0.15) is 0 Å². The lowest BCUT2D eigenvalue weighted by Gasteiger charge is -2.10. The first-order valence-electron chi connectivity index (χ1n) is 7.74. The minimum atomic E-state index is -3.57. The average molecular weight is 368 g/mol. The van der Waals surface area contributed by atoms with Crippen LogP contribution in [0.2, 0.25) is 0 Å². The van der Waals surface area contributed by atoms with Crippen molar-refractivity contribution >= 4 is 27.3 Å². The molecule has 0 saturated carbocycles. The van der Waals surface area contributed by atoms with Crippen LogP contribution in [-0.4, -0.2) is 24.5 Å². The monoisotopic (exact) mass is 368 g/mol. The van der Waals surface area contributed by atoms with E-state index in [9.17, 15) is 13.2 Å². The molecule has 0 unspecified atom stereocenters. The Kier molecular flexibility index (Phi) is 5.23. The van der Waals surface area contributed by atoms with E-state index in [1.54, 1.807) is 48.5 Å². The SMILES string of the molecule is O=C(Nc1cccc(NS(=O)(=O)Cc2ccccc2)c1)c1ccnnc1. The molecule has 2 aromatic carbocycles. The van der Waals surface area contributed by atoms with E-state index in [0.29, 0.717) is 22.5 Å². The van der Waals surface area contributed by atoms with Crippen molar-refractivity contribution in [2.75, 3.05) is 10.0 Å². The number of carbonyl (C=O) groups excluding carboxylic acids is 1. The summed E-state index contributed by atoms with van der Waals surface area (Å²) >= 11 is 0. The van der Waals surface area contributed by atoms with Crippen LogP contribution < -0.4 is 10.0 Å². The number of amides is 1. The molecule has 3 rings (SSSR count). The van der Waals surface area contributed by atoms with E-state index in [2.05, 4.69) is 20.2 Å². The Morgan fingerprint density at radius 2 is 1.69 bits per heavy atom. The van der Waals surface area contributed by atoms with Gasteiger partial charge in [-0.2, -0.15) is 10.2 Å². The molecule has 0 spiro atoms. The Morgan fingerprint density at radius 1 is 0.923 bits per heavy atom. The number of anilines is 2. The Morgan fingerprint density at radius 3 is 2.42 bits per heavy atom. The van der Waals surface area contributed by atoms with Gasteiger partial charge in [-0.3, -0.25) is 9.52 Å². The molecule has 1 amide bonds. The molecule has 0 saturated heterocycles. The van der Waals surface area contributed by atoms with Crippen molar-refractivity contribution in [2.24, 2.45) is 0 Å². The van der Waals surface area contributed by atoms with E-state index < -0.39 is 10.0 Å². The van der Waals surface area contributed by atoms with E-state index in [1.807, 2.05) is 6.07 Å². The van der Waals surface area contributed by atoms with Crippen LogP contribution in [0.3, 0.4) is 0 Å². The van der Waals surface area contributed by atoms with Crippen molar-refractivity contribution in [1.29, 1.82) is 0 Å². The molecule has 0 bridgehead atoms. The second-order valence-corrected chi connectivity index (χ2v) is 7.24. The van der Waals surface area contributed by atoms with Crippen LogP contribution in [-0.2, 0) is 15.8 Å². The molecule has 2 N–H and O–H groups in total. The number of nitrogens with one attached hydrogen (secondary N) is 2. The normalized spacial score (nSPS) is 10.9. The molecule has 8 heteroatoms. The predicted octanol–water partition coefficient (Wildman–Crippen LogP) is 2.67. The van der Waals surface area contributed by atoms with Gasteiger partial charge in [0.15, 0.2) is 0 Å². The summed E-state index contributed by atoms with van der Waals surface area (Å²) in [4.78, 5) is 12.1. The fraction of sp³-hybridized carbons (Fsp3) is 0.0556. The molecular weight excluding hydrogens is 352 g/mol. The van der Waals surface area contributed by atoms with Crippen LogP contribution in [0.15, 0.2) is 73.1 Å². The zero-order chi connectivity index (χ0) is 18.4. The molecule has 0 radical (unpaired) electrons. The van der Waals surface area contributed by atoms with Crippen LogP contribution >= 0.6 is 0 Å². The maximum Gasteiger partial charge on any atom is 0.257 e. The molecule has 7 nitrogen and oxygen atoms in total. The van der Waals surface area contributed by atoms with Gasteiger partial charge in [0.25, 0.3) is 5.91 Å². The highest BCUT2D eigenvalue weighted by Gasteiger charge is 2.12. The van der Waals surface area contributed by atoms with E-state index in [1.165, 1.54) is 18.5 Å². The van der Waals surface area contributed by atoms with Gasteiger partial charge in [-0.15, -0.1) is 0 Å². The number of hydrogen-bond donors (Lipinski definition) is 2. The molecule has 1 heterocycles. The molecule has 0 aliphatic heterocycles. The first-order valence-corrected chi connectivity index (χ1v) is 9.40. The van der Waals surface area contributed by atoms with Crippen molar-refractivity contribution in [1.82, 2.24) is 10.2 Å². The summed E-state index contributed by atoms with van der Waals surface area (Å²) in [6.07, 6.45) is 2.77. The number of benzene rings is 2. The third-order valence-corrected chi connectivity index (χ3v) is 4.70. The highest BCUT2D eigenvalue weighted by molar-refractivity contribution is 7.91. The van der Waals surface area contributed by atoms with E-state index >= 15 is 0 Å². The lowest BCUT2D eigenvalue weighted by Crippen LogP contribution is -2.16. The van der Waals surface area contributed by atoms with Crippen molar-refractivity contribution < 1.29 is 13.2 Å². The summed E-state index contributed by atoms with van der Waals surface area (Å²) in [6.45, 7) is 0. The van der Waals surface area contributed by atoms with Crippen LogP contribution in [0.5, 0.6) is 0 Å². The number of hydrogen-bond acceptors (Lipinski definition) is 5. The van der Waals surface area contributed by atoms with Crippen LogP contribution in [0.1, 0.15) is 15.9 Å². The maximum atomic E-state index is 12.3. The Hall–Kier alpha value is -3.26. The number of rotatable bonds is 6. The molecular formula is C18H16N4O3S. The van der Waals surface area contributed by atoms with Crippen molar-refractivity contribution in [3.8, 4) is 0 Å². The molecule has 1 aromatic heterocycles. The van der Waals surface area contributed by atoms with Crippen LogP contribution in [0.4, 0.5) is 11.4 Å².